The molecule has 1 aliphatic rings. The first-order valence-corrected chi connectivity index (χ1v) is 7.06. The second-order valence-corrected chi connectivity index (χ2v) is 5.84. The van der Waals surface area contributed by atoms with Gasteiger partial charge < -0.3 is 5.11 Å². The molecule has 1 N–H and O–H groups in total. The van der Waals surface area contributed by atoms with Gasteiger partial charge in [0.1, 0.15) is 5.82 Å². The van der Waals surface area contributed by atoms with Crippen LogP contribution in [0.5, 0.6) is 0 Å². The van der Waals surface area contributed by atoms with E-state index in [9.17, 15) is 9.50 Å². The summed E-state index contributed by atoms with van der Waals surface area (Å²) in [7, 11) is 0. The van der Waals surface area contributed by atoms with Crippen LogP contribution in [-0.2, 0) is 18.4 Å². The molecular formula is C18H19FO. The molecule has 0 bridgehead atoms. The first-order chi connectivity index (χ1) is 9.51. The average Bonchev–Trinajstić information content (AvgIpc) is 2.74. The van der Waals surface area contributed by atoms with Gasteiger partial charge in [-0.3, -0.25) is 0 Å². The molecule has 1 atom stereocenters. The van der Waals surface area contributed by atoms with Crippen molar-refractivity contribution in [2.45, 2.75) is 38.7 Å². The van der Waals surface area contributed by atoms with Gasteiger partial charge >= 0.3 is 0 Å². The number of aliphatic hydroxyl groups is 1. The van der Waals surface area contributed by atoms with Crippen molar-refractivity contribution in [2.24, 2.45) is 0 Å². The number of benzene rings is 2. The van der Waals surface area contributed by atoms with E-state index in [1.807, 2.05) is 12.1 Å². The van der Waals surface area contributed by atoms with Gasteiger partial charge in [0.15, 0.2) is 0 Å². The molecule has 0 fully saturated rings. The number of rotatable bonds is 2. The smallest absolute Gasteiger partial charge is 0.126 e. The van der Waals surface area contributed by atoms with Crippen LogP contribution in [0.3, 0.4) is 0 Å². The maximum atomic E-state index is 13.8. The Labute approximate surface area is 119 Å². The van der Waals surface area contributed by atoms with Gasteiger partial charge in [0.25, 0.3) is 0 Å². The lowest BCUT2D eigenvalue weighted by atomic mass is 9.85. The Morgan fingerprint density at radius 2 is 1.75 bits per heavy atom. The maximum absolute atomic E-state index is 13.8. The summed E-state index contributed by atoms with van der Waals surface area (Å²) in [5, 5.41) is 11.0. The van der Waals surface area contributed by atoms with Crippen LogP contribution in [0.25, 0.3) is 0 Å². The Balaban J connectivity index is 2.03. The number of hydrogen-bond donors (Lipinski definition) is 1. The van der Waals surface area contributed by atoms with E-state index in [0.717, 1.165) is 5.56 Å². The monoisotopic (exact) mass is 270 g/mol. The average molecular weight is 270 g/mol. The molecule has 0 spiro atoms. The molecule has 0 aliphatic heterocycles. The fourth-order valence-electron chi connectivity index (χ4n) is 3.32. The summed E-state index contributed by atoms with van der Waals surface area (Å²) in [5.41, 5.74) is 4.05. The molecule has 0 amide bonds. The highest BCUT2D eigenvalue weighted by atomic mass is 19.1. The lowest BCUT2D eigenvalue weighted by molar-refractivity contribution is 0.0386. The fourth-order valence-corrected chi connectivity index (χ4v) is 3.32. The van der Waals surface area contributed by atoms with Gasteiger partial charge in [-0.25, -0.2) is 4.39 Å². The summed E-state index contributed by atoms with van der Waals surface area (Å²) in [6.07, 6.45) is 1.77. The normalized spacial score (nSPS) is 21.0. The van der Waals surface area contributed by atoms with Crippen LogP contribution in [0, 0.1) is 19.7 Å². The van der Waals surface area contributed by atoms with Gasteiger partial charge in [-0.05, 0) is 60.6 Å². The van der Waals surface area contributed by atoms with Gasteiger partial charge in [0.2, 0.25) is 0 Å². The summed E-state index contributed by atoms with van der Waals surface area (Å²) in [5.74, 6) is -0.195. The number of aryl methyl sites for hydroxylation is 2. The van der Waals surface area contributed by atoms with E-state index >= 15 is 0 Å². The van der Waals surface area contributed by atoms with E-state index in [2.05, 4.69) is 26.0 Å². The maximum Gasteiger partial charge on any atom is 0.126 e. The highest BCUT2D eigenvalue weighted by Gasteiger charge is 2.38. The number of halogens is 1. The molecule has 104 valence electrons. The van der Waals surface area contributed by atoms with E-state index in [1.165, 1.54) is 22.8 Å². The minimum absolute atomic E-state index is 0.195. The molecule has 2 heteroatoms. The van der Waals surface area contributed by atoms with E-state index in [-0.39, 0.29) is 5.82 Å². The predicted molar refractivity (Wildman–Crippen MR) is 78.2 cm³/mol. The van der Waals surface area contributed by atoms with Gasteiger partial charge in [-0.2, -0.15) is 0 Å². The first-order valence-electron chi connectivity index (χ1n) is 7.06. The topological polar surface area (TPSA) is 20.2 Å². The lowest BCUT2D eigenvalue weighted by Gasteiger charge is -2.26. The van der Waals surface area contributed by atoms with Crippen LogP contribution in [0.15, 0.2) is 36.4 Å². The van der Waals surface area contributed by atoms with E-state index in [0.29, 0.717) is 24.8 Å². The van der Waals surface area contributed by atoms with Crippen molar-refractivity contribution in [2.75, 3.05) is 0 Å². The van der Waals surface area contributed by atoms with Crippen LogP contribution in [0.4, 0.5) is 4.39 Å². The SMILES string of the molecule is Cc1cccc(C)c1CC1(O)CCc2c(F)cccc21. The molecule has 2 aromatic rings. The molecule has 1 nitrogen and oxygen atoms in total. The van der Waals surface area contributed by atoms with Crippen molar-refractivity contribution in [1.29, 1.82) is 0 Å². The van der Waals surface area contributed by atoms with Gasteiger partial charge in [-0.15, -0.1) is 0 Å². The third-order valence-corrected chi connectivity index (χ3v) is 4.52. The van der Waals surface area contributed by atoms with Crippen LogP contribution in [0.1, 0.15) is 34.2 Å². The van der Waals surface area contributed by atoms with Gasteiger partial charge in [0, 0.05) is 6.42 Å². The summed E-state index contributed by atoms with van der Waals surface area (Å²) >= 11 is 0. The Bertz CT molecular complexity index is 642. The summed E-state index contributed by atoms with van der Waals surface area (Å²) in [4.78, 5) is 0. The van der Waals surface area contributed by atoms with E-state index in [1.54, 1.807) is 6.07 Å². The molecule has 0 aromatic heterocycles. The highest BCUT2D eigenvalue weighted by molar-refractivity contribution is 5.42. The van der Waals surface area contributed by atoms with Crippen molar-refractivity contribution in [3.63, 3.8) is 0 Å². The van der Waals surface area contributed by atoms with Gasteiger partial charge in [0.05, 0.1) is 5.60 Å². The molecule has 20 heavy (non-hydrogen) atoms. The van der Waals surface area contributed by atoms with Crippen molar-refractivity contribution < 1.29 is 9.50 Å². The largest absolute Gasteiger partial charge is 0.385 e. The number of hydrogen-bond acceptors (Lipinski definition) is 1. The first kappa shape index (κ1) is 13.3. The highest BCUT2D eigenvalue weighted by Crippen LogP contribution is 2.41. The Morgan fingerprint density at radius 3 is 2.45 bits per heavy atom. The van der Waals surface area contributed by atoms with Gasteiger partial charge in [-0.1, -0.05) is 30.3 Å². The molecule has 0 radical (unpaired) electrons. The lowest BCUT2D eigenvalue weighted by Crippen LogP contribution is -2.26. The fraction of sp³-hybridized carbons (Fsp3) is 0.333. The van der Waals surface area contributed by atoms with Crippen molar-refractivity contribution in [3.05, 3.63) is 70.0 Å². The quantitative estimate of drug-likeness (QED) is 0.879. The molecule has 1 unspecified atom stereocenters. The molecular weight excluding hydrogens is 251 g/mol. The third kappa shape index (κ3) is 2.04. The van der Waals surface area contributed by atoms with Crippen LogP contribution < -0.4 is 0 Å². The Kier molecular flexibility index (Phi) is 3.14. The number of fused-ring (bicyclic) bond motifs is 1. The summed E-state index contributed by atoms with van der Waals surface area (Å²) in [6, 6.07) is 11.2. The molecule has 2 aromatic carbocycles. The second-order valence-electron chi connectivity index (χ2n) is 5.84. The molecule has 0 heterocycles. The standard InChI is InChI=1S/C18H19FO/c1-12-5-3-6-13(2)15(12)11-18(20)10-9-14-16(18)7-4-8-17(14)19/h3-8,20H,9-11H2,1-2H3. The Hall–Kier alpha value is -1.67. The zero-order valence-corrected chi connectivity index (χ0v) is 11.9. The van der Waals surface area contributed by atoms with E-state index in [4.69, 9.17) is 0 Å². The molecule has 1 aliphatic carbocycles. The van der Waals surface area contributed by atoms with Crippen molar-refractivity contribution >= 4 is 0 Å². The third-order valence-electron chi connectivity index (χ3n) is 4.52. The van der Waals surface area contributed by atoms with Crippen LogP contribution >= 0.6 is 0 Å². The minimum atomic E-state index is -0.936. The Morgan fingerprint density at radius 1 is 1.10 bits per heavy atom. The van der Waals surface area contributed by atoms with Crippen molar-refractivity contribution in [1.82, 2.24) is 0 Å². The molecule has 0 saturated carbocycles. The summed E-state index contributed by atoms with van der Waals surface area (Å²) in [6.45, 7) is 4.13. The summed E-state index contributed by atoms with van der Waals surface area (Å²) < 4.78 is 13.8. The minimum Gasteiger partial charge on any atom is -0.385 e. The van der Waals surface area contributed by atoms with Crippen LogP contribution in [0.2, 0.25) is 0 Å². The molecule has 0 saturated heterocycles. The second kappa shape index (κ2) is 4.71. The zero-order chi connectivity index (χ0) is 14.3. The zero-order valence-electron chi connectivity index (χ0n) is 11.9. The van der Waals surface area contributed by atoms with E-state index < -0.39 is 5.60 Å². The predicted octanol–water partition coefficient (Wildman–Crippen LogP) is 3.82. The van der Waals surface area contributed by atoms with Crippen LogP contribution in [-0.4, -0.2) is 5.11 Å². The van der Waals surface area contributed by atoms with Crippen molar-refractivity contribution in [3.8, 4) is 0 Å². The molecule has 3 rings (SSSR count).